The van der Waals surface area contributed by atoms with Gasteiger partial charge in [0, 0.05) is 26.2 Å². The van der Waals surface area contributed by atoms with Crippen LogP contribution in [0.2, 0.25) is 0 Å². The van der Waals surface area contributed by atoms with Gasteiger partial charge >= 0.3 is 6.09 Å². The molecule has 2 saturated heterocycles. The SMILES string of the molecule is COc1ccc(CN2C(=O)O[C@H]3CN(Cc4cccc(F)c4)C[C@H]32)cc1OC. The molecule has 2 aromatic rings. The molecule has 4 rings (SSSR count). The number of benzene rings is 2. The molecule has 0 radical (unpaired) electrons. The zero-order valence-corrected chi connectivity index (χ0v) is 15.9. The Hall–Kier alpha value is -2.80. The first kappa shape index (κ1) is 18.6. The van der Waals surface area contributed by atoms with Gasteiger partial charge in [-0.05, 0) is 35.4 Å². The van der Waals surface area contributed by atoms with Gasteiger partial charge in [-0.1, -0.05) is 18.2 Å². The van der Waals surface area contributed by atoms with Crippen molar-refractivity contribution in [2.45, 2.75) is 25.2 Å². The molecule has 2 heterocycles. The average Bonchev–Trinajstić information content (AvgIpc) is 3.19. The summed E-state index contributed by atoms with van der Waals surface area (Å²) in [6, 6.07) is 12.2. The van der Waals surface area contributed by atoms with E-state index in [0.717, 1.165) is 11.1 Å². The van der Waals surface area contributed by atoms with Crippen LogP contribution >= 0.6 is 0 Å². The molecular formula is C21H23FN2O4. The third kappa shape index (κ3) is 3.62. The highest BCUT2D eigenvalue weighted by Crippen LogP contribution is 2.32. The van der Waals surface area contributed by atoms with Crippen molar-refractivity contribution < 1.29 is 23.4 Å². The Balaban J connectivity index is 1.45. The summed E-state index contributed by atoms with van der Waals surface area (Å²) < 4.78 is 29.6. The Bertz CT molecular complexity index is 875. The molecule has 0 unspecified atom stereocenters. The van der Waals surface area contributed by atoms with Gasteiger partial charge in [0.25, 0.3) is 0 Å². The van der Waals surface area contributed by atoms with Crippen LogP contribution in [-0.4, -0.2) is 55.3 Å². The number of nitrogens with zero attached hydrogens (tertiary/aromatic N) is 2. The number of carbonyl (C=O) groups excluding carboxylic acids is 1. The van der Waals surface area contributed by atoms with E-state index in [0.29, 0.717) is 37.7 Å². The van der Waals surface area contributed by atoms with Crippen LogP contribution in [0.3, 0.4) is 0 Å². The first-order chi connectivity index (χ1) is 13.6. The Kier molecular flexibility index (Phi) is 5.09. The van der Waals surface area contributed by atoms with Gasteiger partial charge in [-0.3, -0.25) is 9.80 Å². The maximum atomic E-state index is 13.4. The van der Waals surface area contributed by atoms with Gasteiger partial charge in [0.15, 0.2) is 11.5 Å². The Labute approximate surface area is 163 Å². The van der Waals surface area contributed by atoms with E-state index in [9.17, 15) is 9.18 Å². The van der Waals surface area contributed by atoms with Gasteiger partial charge in [-0.2, -0.15) is 0 Å². The maximum Gasteiger partial charge on any atom is 0.410 e. The second-order valence-corrected chi connectivity index (χ2v) is 7.13. The number of amides is 1. The van der Waals surface area contributed by atoms with Crippen LogP contribution in [0.1, 0.15) is 11.1 Å². The second-order valence-electron chi connectivity index (χ2n) is 7.13. The lowest BCUT2D eigenvalue weighted by atomic mass is 10.1. The molecule has 0 bridgehead atoms. The normalized spacial score (nSPS) is 21.5. The fourth-order valence-corrected chi connectivity index (χ4v) is 3.96. The molecule has 0 aromatic heterocycles. The van der Waals surface area contributed by atoms with Crippen molar-refractivity contribution in [3.8, 4) is 11.5 Å². The monoisotopic (exact) mass is 386 g/mol. The van der Waals surface area contributed by atoms with Crippen molar-refractivity contribution in [1.82, 2.24) is 9.80 Å². The van der Waals surface area contributed by atoms with Crippen molar-refractivity contribution in [3.05, 3.63) is 59.4 Å². The predicted octanol–water partition coefficient (Wildman–Crippen LogP) is 3.05. The maximum absolute atomic E-state index is 13.4. The zero-order valence-electron chi connectivity index (χ0n) is 15.9. The van der Waals surface area contributed by atoms with E-state index < -0.39 is 0 Å². The fraction of sp³-hybridized carbons (Fsp3) is 0.381. The minimum absolute atomic E-state index is 0.0193. The van der Waals surface area contributed by atoms with Gasteiger partial charge in [-0.25, -0.2) is 9.18 Å². The number of fused-ring (bicyclic) bond motifs is 1. The molecule has 0 aliphatic carbocycles. The fourth-order valence-electron chi connectivity index (χ4n) is 3.96. The average molecular weight is 386 g/mol. The van der Waals surface area contributed by atoms with Crippen LogP contribution in [0.15, 0.2) is 42.5 Å². The van der Waals surface area contributed by atoms with Crippen molar-refractivity contribution in [1.29, 1.82) is 0 Å². The summed E-state index contributed by atoms with van der Waals surface area (Å²) in [5, 5.41) is 0. The number of hydrogen-bond acceptors (Lipinski definition) is 5. The summed E-state index contributed by atoms with van der Waals surface area (Å²) >= 11 is 0. The van der Waals surface area contributed by atoms with E-state index >= 15 is 0 Å². The molecular weight excluding hydrogens is 363 g/mol. The van der Waals surface area contributed by atoms with Crippen molar-refractivity contribution in [2.75, 3.05) is 27.3 Å². The third-order valence-electron chi connectivity index (χ3n) is 5.30. The van der Waals surface area contributed by atoms with E-state index in [1.807, 2.05) is 24.3 Å². The van der Waals surface area contributed by atoms with Crippen LogP contribution in [0.5, 0.6) is 11.5 Å². The van der Waals surface area contributed by atoms with E-state index in [2.05, 4.69) is 4.90 Å². The topological polar surface area (TPSA) is 51.2 Å². The summed E-state index contributed by atoms with van der Waals surface area (Å²) in [6.07, 6.45) is -0.462. The molecule has 7 heteroatoms. The first-order valence-electron chi connectivity index (χ1n) is 9.22. The van der Waals surface area contributed by atoms with Crippen LogP contribution < -0.4 is 9.47 Å². The first-order valence-corrected chi connectivity index (χ1v) is 9.22. The molecule has 0 saturated carbocycles. The minimum Gasteiger partial charge on any atom is -0.493 e. The smallest absolute Gasteiger partial charge is 0.410 e. The van der Waals surface area contributed by atoms with E-state index in [-0.39, 0.29) is 24.1 Å². The predicted molar refractivity (Wildman–Crippen MR) is 101 cm³/mol. The lowest BCUT2D eigenvalue weighted by Crippen LogP contribution is -2.37. The summed E-state index contributed by atoms with van der Waals surface area (Å²) in [6.45, 7) is 2.41. The van der Waals surface area contributed by atoms with Crippen molar-refractivity contribution in [3.63, 3.8) is 0 Å². The summed E-state index contributed by atoms with van der Waals surface area (Å²) in [5.74, 6) is 1.04. The lowest BCUT2D eigenvalue weighted by Gasteiger charge is -2.23. The van der Waals surface area contributed by atoms with Gasteiger partial charge in [0.1, 0.15) is 11.9 Å². The highest BCUT2D eigenvalue weighted by molar-refractivity contribution is 5.71. The number of ether oxygens (including phenoxy) is 3. The van der Waals surface area contributed by atoms with Crippen molar-refractivity contribution in [2.24, 2.45) is 0 Å². The molecule has 2 aliphatic rings. The molecule has 28 heavy (non-hydrogen) atoms. The number of likely N-dealkylation sites (tertiary alicyclic amines) is 1. The number of halogens is 1. The van der Waals surface area contributed by atoms with Crippen molar-refractivity contribution >= 4 is 6.09 Å². The highest BCUT2D eigenvalue weighted by atomic mass is 19.1. The standard InChI is InChI=1S/C21H23FN2O4/c1-26-18-7-6-15(9-19(18)27-2)11-24-17-12-23(13-20(17)28-21(24)25)10-14-4-3-5-16(22)8-14/h3-9,17,20H,10-13H2,1-2H3/t17-,20+/m1/s1. The van der Waals surface area contributed by atoms with E-state index in [1.165, 1.54) is 6.07 Å². The van der Waals surface area contributed by atoms with E-state index in [4.69, 9.17) is 14.2 Å². The quantitative estimate of drug-likeness (QED) is 0.764. The van der Waals surface area contributed by atoms with Crippen LogP contribution in [0, 0.1) is 5.82 Å². The van der Waals surface area contributed by atoms with E-state index in [1.54, 1.807) is 31.3 Å². The Morgan fingerprint density at radius 2 is 1.82 bits per heavy atom. The number of methoxy groups -OCH3 is 2. The van der Waals surface area contributed by atoms with Gasteiger partial charge in [0.2, 0.25) is 0 Å². The third-order valence-corrected chi connectivity index (χ3v) is 5.30. The number of carbonyl (C=O) groups is 1. The summed E-state index contributed by atoms with van der Waals surface area (Å²) in [4.78, 5) is 16.3. The molecule has 1 amide bonds. The molecule has 2 atom stereocenters. The zero-order chi connectivity index (χ0) is 19.7. The molecule has 2 aliphatic heterocycles. The lowest BCUT2D eigenvalue weighted by molar-refractivity contribution is 0.119. The highest BCUT2D eigenvalue weighted by Gasteiger charge is 2.47. The largest absolute Gasteiger partial charge is 0.493 e. The number of rotatable bonds is 6. The van der Waals surface area contributed by atoms with Gasteiger partial charge in [-0.15, -0.1) is 0 Å². The molecule has 0 N–H and O–H groups in total. The molecule has 2 fully saturated rings. The Morgan fingerprint density at radius 1 is 1.04 bits per heavy atom. The summed E-state index contributed by atoms with van der Waals surface area (Å²) in [7, 11) is 3.18. The minimum atomic E-state index is -0.296. The van der Waals surface area contributed by atoms with Gasteiger partial charge in [0.05, 0.1) is 20.3 Å². The molecule has 0 spiro atoms. The van der Waals surface area contributed by atoms with Crippen LogP contribution in [0.25, 0.3) is 0 Å². The van der Waals surface area contributed by atoms with Crippen LogP contribution in [0.4, 0.5) is 9.18 Å². The second kappa shape index (κ2) is 7.67. The summed E-state index contributed by atoms with van der Waals surface area (Å²) in [5.41, 5.74) is 1.86. The molecule has 148 valence electrons. The van der Waals surface area contributed by atoms with Gasteiger partial charge < -0.3 is 14.2 Å². The molecule has 6 nitrogen and oxygen atoms in total. The Morgan fingerprint density at radius 3 is 2.57 bits per heavy atom. The van der Waals surface area contributed by atoms with Crippen LogP contribution in [-0.2, 0) is 17.8 Å². The molecule has 2 aromatic carbocycles. The number of hydrogen-bond donors (Lipinski definition) is 0.